The van der Waals surface area contributed by atoms with Gasteiger partial charge >= 0.3 is 5.97 Å². The molecule has 0 aliphatic carbocycles. The molecule has 27 heavy (non-hydrogen) atoms. The van der Waals surface area contributed by atoms with E-state index in [4.69, 9.17) is 16.7 Å². The van der Waals surface area contributed by atoms with Crippen molar-refractivity contribution >= 4 is 63.4 Å². The zero-order valence-electron chi connectivity index (χ0n) is 14.3. The minimum atomic E-state index is -0.807. The van der Waals surface area contributed by atoms with E-state index in [9.17, 15) is 4.79 Å². The molecule has 140 valence electrons. The molecule has 0 atom stereocenters. The van der Waals surface area contributed by atoms with Crippen molar-refractivity contribution in [1.82, 2.24) is 9.97 Å². The summed E-state index contributed by atoms with van der Waals surface area (Å²) in [7, 11) is 0. The summed E-state index contributed by atoms with van der Waals surface area (Å²) in [6.07, 6.45) is 1.85. The van der Waals surface area contributed by atoms with Gasteiger partial charge in [-0.1, -0.05) is 35.5 Å². The third-order valence-corrected chi connectivity index (χ3v) is 6.70. The Labute approximate surface area is 174 Å². The Morgan fingerprint density at radius 1 is 1.33 bits per heavy atom. The van der Waals surface area contributed by atoms with Crippen LogP contribution in [0.1, 0.15) is 12.1 Å². The lowest BCUT2D eigenvalue weighted by Gasteiger charge is -2.11. The van der Waals surface area contributed by atoms with Gasteiger partial charge in [-0.05, 0) is 25.1 Å². The number of pyridine rings is 1. The summed E-state index contributed by atoms with van der Waals surface area (Å²) >= 11 is 10.8. The first-order valence-corrected chi connectivity index (χ1v) is 11.0. The number of nitrogens with zero attached hydrogens (tertiary/aromatic N) is 2. The fraction of sp³-hybridized carbons (Fsp3) is 0.167. The number of rotatable bonds is 8. The Hall–Kier alpha value is -1.74. The van der Waals surface area contributed by atoms with Gasteiger partial charge in [0.15, 0.2) is 5.13 Å². The molecule has 0 aliphatic rings. The average molecular weight is 438 g/mol. The van der Waals surface area contributed by atoms with Gasteiger partial charge < -0.3 is 10.4 Å². The van der Waals surface area contributed by atoms with Gasteiger partial charge in [-0.2, -0.15) is 0 Å². The molecule has 0 spiro atoms. The van der Waals surface area contributed by atoms with Crippen LogP contribution in [0, 0.1) is 6.92 Å². The molecule has 0 fully saturated rings. The topological polar surface area (TPSA) is 75.1 Å². The molecule has 3 aromatic rings. The predicted molar refractivity (Wildman–Crippen MR) is 113 cm³/mol. The van der Waals surface area contributed by atoms with Gasteiger partial charge in [-0.25, -0.2) is 9.97 Å². The fourth-order valence-electron chi connectivity index (χ4n) is 2.09. The van der Waals surface area contributed by atoms with Crippen molar-refractivity contribution in [3.8, 4) is 0 Å². The Bertz CT molecular complexity index is 949. The minimum absolute atomic E-state index is 0.107. The van der Waals surface area contributed by atoms with E-state index in [2.05, 4.69) is 15.3 Å². The summed E-state index contributed by atoms with van der Waals surface area (Å²) in [5.74, 6) is 0.376. The number of thiazole rings is 1. The minimum Gasteiger partial charge on any atom is -0.481 e. The van der Waals surface area contributed by atoms with Crippen LogP contribution in [0.15, 0.2) is 56.6 Å². The van der Waals surface area contributed by atoms with Crippen LogP contribution in [0.4, 0.5) is 10.9 Å². The summed E-state index contributed by atoms with van der Waals surface area (Å²) in [4.78, 5) is 22.4. The van der Waals surface area contributed by atoms with E-state index >= 15 is 0 Å². The van der Waals surface area contributed by atoms with E-state index in [0.717, 1.165) is 25.5 Å². The van der Waals surface area contributed by atoms with E-state index in [0.29, 0.717) is 16.6 Å². The van der Waals surface area contributed by atoms with Crippen LogP contribution in [0.5, 0.6) is 0 Å². The highest BCUT2D eigenvalue weighted by atomic mass is 35.5. The molecule has 0 bridgehead atoms. The summed E-state index contributed by atoms with van der Waals surface area (Å²) in [6.45, 7) is 1.94. The predicted octanol–water partition coefficient (Wildman–Crippen LogP) is 5.96. The number of halogens is 1. The normalized spacial score (nSPS) is 10.7. The number of carbonyl (C=O) groups is 1. The lowest BCUT2D eigenvalue weighted by Crippen LogP contribution is -1.98. The van der Waals surface area contributed by atoms with Crippen molar-refractivity contribution in [3.05, 3.63) is 52.6 Å². The smallest absolute Gasteiger partial charge is 0.304 e. The van der Waals surface area contributed by atoms with Crippen LogP contribution in [0.2, 0.25) is 5.02 Å². The van der Waals surface area contributed by atoms with Crippen LogP contribution < -0.4 is 5.32 Å². The van der Waals surface area contributed by atoms with Gasteiger partial charge in [0.25, 0.3) is 0 Å². The maximum atomic E-state index is 10.7. The first-order chi connectivity index (χ1) is 13.0. The number of benzene rings is 1. The molecule has 5 nitrogen and oxygen atoms in total. The van der Waals surface area contributed by atoms with Crippen LogP contribution in [-0.2, 0) is 4.79 Å². The van der Waals surface area contributed by atoms with Crippen molar-refractivity contribution in [3.63, 3.8) is 0 Å². The Balaban J connectivity index is 1.86. The number of thioether (sulfide) groups is 1. The van der Waals surface area contributed by atoms with E-state index in [1.165, 1.54) is 34.9 Å². The van der Waals surface area contributed by atoms with Gasteiger partial charge in [0.05, 0.1) is 22.0 Å². The van der Waals surface area contributed by atoms with E-state index in [-0.39, 0.29) is 6.42 Å². The molecule has 0 aliphatic heterocycles. The number of aryl methyl sites for hydroxylation is 1. The number of carboxylic acid groups (broad SMARTS) is 1. The molecule has 0 radical (unpaired) electrons. The number of nitrogens with one attached hydrogen (secondary N) is 1. The highest BCUT2D eigenvalue weighted by molar-refractivity contribution is 8.00. The van der Waals surface area contributed by atoms with Crippen LogP contribution in [0.25, 0.3) is 0 Å². The lowest BCUT2D eigenvalue weighted by molar-refractivity contribution is -0.136. The number of hydrogen-bond acceptors (Lipinski definition) is 7. The summed E-state index contributed by atoms with van der Waals surface area (Å²) in [5.41, 5.74) is 0.948. The van der Waals surface area contributed by atoms with Gasteiger partial charge in [0.2, 0.25) is 0 Å². The van der Waals surface area contributed by atoms with Gasteiger partial charge in [0, 0.05) is 27.1 Å². The van der Waals surface area contributed by atoms with Crippen molar-refractivity contribution in [1.29, 1.82) is 0 Å². The monoisotopic (exact) mass is 437 g/mol. The third-order valence-electron chi connectivity index (χ3n) is 3.31. The molecule has 0 unspecified atom stereocenters. The SMILES string of the molecule is Cc1csc(Nc2ncc(SCCC(=O)O)cc2Sc2ccccc2Cl)n1. The van der Waals surface area contributed by atoms with Crippen LogP contribution in [-0.4, -0.2) is 26.8 Å². The maximum absolute atomic E-state index is 10.7. The summed E-state index contributed by atoms with van der Waals surface area (Å²) in [5, 5.41) is 15.5. The highest BCUT2D eigenvalue weighted by Crippen LogP contribution is 2.39. The first kappa shape index (κ1) is 20.0. The van der Waals surface area contributed by atoms with Crippen molar-refractivity contribution in [2.45, 2.75) is 28.0 Å². The number of anilines is 2. The highest BCUT2D eigenvalue weighted by Gasteiger charge is 2.12. The molecular weight excluding hydrogens is 422 g/mol. The van der Waals surface area contributed by atoms with Crippen LogP contribution in [0.3, 0.4) is 0 Å². The second-order valence-electron chi connectivity index (χ2n) is 5.46. The molecule has 0 saturated carbocycles. The Kier molecular flexibility index (Phi) is 7.01. The molecular formula is C18H16ClN3O2S3. The number of hydrogen-bond donors (Lipinski definition) is 2. The third kappa shape index (κ3) is 5.87. The summed E-state index contributed by atoms with van der Waals surface area (Å²) < 4.78 is 0. The van der Waals surface area contributed by atoms with Gasteiger partial charge in [-0.15, -0.1) is 23.1 Å². The first-order valence-electron chi connectivity index (χ1n) is 7.97. The summed E-state index contributed by atoms with van der Waals surface area (Å²) in [6, 6.07) is 9.62. The van der Waals surface area contributed by atoms with E-state index < -0.39 is 5.97 Å². The van der Waals surface area contributed by atoms with Gasteiger partial charge in [-0.3, -0.25) is 4.79 Å². The van der Waals surface area contributed by atoms with Crippen molar-refractivity contribution in [2.75, 3.05) is 11.1 Å². The van der Waals surface area contributed by atoms with Crippen molar-refractivity contribution < 1.29 is 9.90 Å². The molecule has 0 amide bonds. The van der Waals surface area contributed by atoms with E-state index in [1.54, 1.807) is 6.20 Å². The molecule has 2 N–H and O–H groups in total. The Morgan fingerprint density at radius 3 is 2.85 bits per heavy atom. The fourth-order valence-corrected chi connectivity index (χ4v) is 4.88. The lowest BCUT2D eigenvalue weighted by atomic mass is 10.4. The Morgan fingerprint density at radius 2 is 2.15 bits per heavy atom. The van der Waals surface area contributed by atoms with E-state index in [1.807, 2.05) is 42.6 Å². The standard InChI is InChI=1S/C18H16ClN3O2S3/c1-11-10-26-18(21-11)22-17-15(27-14-5-3-2-4-13(14)19)8-12(9-20-17)25-7-6-16(23)24/h2-5,8-10H,6-7H2,1H3,(H,23,24)(H,20,21,22). The number of carboxylic acids is 1. The number of aliphatic carboxylic acids is 1. The van der Waals surface area contributed by atoms with Crippen molar-refractivity contribution in [2.24, 2.45) is 0 Å². The van der Waals surface area contributed by atoms with Gasteiger partial charge in [0.1, 0.15) is 5.82 Å². The largest absolute Gasteiger partial charge is 0.481 e. The second kappa shape index (κ2) is 9.45. The zero-order valence-corrected chi connectivity index (χ0v) is 17.5. The quantitative estimate of drug-likeness (QED) is 0.421. The maximum Gasteiger partial charge on any atom is 0.304 e. The average Bonchev–Trinajstić information content (AvgIpc) is 3.03. The molecule has 2 aromatic heterocycles. The second-order valence-corrected chi connectivity index (χ2v) is 8.98. The molecule has 1 aromatic carbocycles. The zero-order chi connectivity index (χ0) is 19.2. The molecule has 0 saturated heterocycles. The van der Waals surface area contributed by atoms with Crippen LogP contribution >= 0.6 is 46.5 Å². The molecule has 3 rings (SSSR count). The molecule has 9 heteroatoms. The number of aromatic nitrogens is 2. The molecule has 2 heterocycles.